The lowest BCUT2D eigenvalue weighted by Crippen LogP contribution is -2.00. The molecule has 1 unspecified atom stereocenters. The van der Waals surface area contributed by atoms with Gasteiger partial charge in [-0.2, -0.15) is 0 Å². The topological polar surface area (TPSA) is 43.6 Å². The fraction of sp³-hybridized carbons (Fsp3) is 0.500. The minimum atomic E-state index is 0.116. The third kappa shape index (κ3) is 0.828. The molecule has 0 fully saturated rings. The molecular weight excluding hydrogens is 104 g/mol. The molecule has 4 heteroatoms. The highest BCUT2D eigenvalue weighted by atomic mass is 15.5. The molecule has 0 N–H and O–H groups in total. The summed E-state index contributed by atoms with van der Waals surface area (Å²) in [4.78, 5) is 0. The van der Waals surface area contributed by atoms with Crippen LogP contribution in [0.4, 0.5) is 0 Å². The zero-order valence-electron chi connectivity index (χ0n) is 4.65. The van der Waals surface area contributed by atoms with Crippen LogP contribution in [0, 0.1) is 6.92 Å². The second kappa shape index (κ2) is 1.90. The van der Waals surface area contributed by atoms with Gasteiger partial charge in [-0.05, 0) is 24.3 Å². The fourth-order valence-electron chi connectivity index (χ4n) is 0.370. The average molecular weight is 111 g/mol. The van der Waals surface area contributed by atoms with E-state index in [1.165, 1.54) is 6.33 Å². The third-order valence-corrected chi connectivity index (χ3v) is 0.816. The van der Waals surface area contributed by atoms with Gasteiger partial charge in [-0.1, -0.05) is 0 Å². The van der Waals surface area contributed by atoms with Gasteiger partial charge in [0.2, 0.25) is 0 Å². The van der Waals surface area contributed by atoms with E-state index in [4.69, 9.17) is 0 Å². The first kappa shape index (κ1) is 5.21. The number of hydrogen-bond donors (Lipinski definition) is 0. The molecule has 8 heavy (non-hydrogen) atoms. The monoisotopic (exact) mass is 111 g/mol. The third-order valence-electron chi connectivity index (χ3n) is 0.816. The maximum Gasteiger partial charge on any atom is 0.138 e. The summed E-state index contributed by atoms with van der Waals surface area (Å²) >= 11 is 0. The molecule has 0 saturated heterocycles. The molecule has 0 aromatic carbocycles. The summed E-state index contributed by atoms with van der Waals surface area (Å²) in [6.07, 6.45) is 1.54. The Balaban J connectivity index is 2.77. The number of hydrogen-bond acceptors (Lipinski definition) is 3. The van der Waals surface area contributed by atoms with Crippen LogP contribution in [-0.4, -0.2) is 20.2 Å². The van der Waals surface area contributed by atoms with E-state index in [0.717, 1.165) is 0 Å². The molecule has 0 aliphatic heterocycles. The van der Waals surface area contributed by atoms with Gasteiger partial charge in [0, 0.05) is 0 Å². The van der Waals surface area contributed by atoms with E-state index in [1.807, 2.05) is 6.92 Å². The maximum atomic E-state index is 3.70. The number of rotatable bonds is 1. The summed E-state index contributed by atoms with van der Waals surface area (Å²) in [6, 6.07) is 0.116. The van der Waals surface area contributed by atoms with Gasteiger partial charge in [0.15, 0.2) is 0 Å². The molecular formula is C4H7N4. The lowest BCUT2D eigenvalue weighted by Gasteiger charge is -1.98. The van der Waals surface area contributed by atoms with Crippen molar-refractivity contribution in [2.45, 2.75) is 13.0 Å². The van der Waals surface area contributed by atoms with E-state index in [1.54, 1.807) is 4.68 Å². The Kier molecular flexibility index (Phi) is 1.24. The first-order valence-corrected chi connectivity index (χ1v) is 2.36. The van der Waals surface area contributed by atoms with Crippen LogP contribution in [0.1, 0.15) is 13.0 Å². The molecule has 43 valence electrons. The van der Waals surface area contributed by atoms with Gasteiger partial charge in [-0.25, -0.2) is 4.68 Å². The van der Waals surface area contributed by atoms with E-state index in [-0.39, 0.29) is 6.04 Å². The molecule has 1 atom stereocenters. The molecule has 1 aromatic heterocycles. The van der Waals surface area contributed by atoms with Crippen LogP contribution in [0.3, 0.4) is 0 Å². The van der Waals surface area contributed by atoms with Crippen molar-refractivity contribution >= 4 is 0 Å². The van der Waals surface area contributed by atoms with Crippen LogP contribution in [0.25, 0.3) is 0 Å². The van der Waals surface area contributed by atoms with Crippen molar-refractivity contribution in [3.63, 3.8) is 0 Å². The van der Waals surface area contributed by atoms with Crippen molar-refractivity contribution in [1.82, 2.24) is 20.2 Å². The van der Waals surface area contributed by atoms with Crippen LogP contribution in [-0.2, 0) is 0 Å². The summed E-state index contributed by atoms with van der Waals surface area (Å²) in [7, 11) is 0. The molecule has 0 amide bonds. The Labute approximate surface area is 47.5 Å². The smallest absolute Gasteiger partial charge is 0.138 e. The number of aromatic nitrogens is 4. The van der Waals surface area contributed by atoms with E-state index >= 15 is 0 Å². The van der Waals surface area contributed by atoms with Crippen LogP contribution in [0.5, 0.6) is 0 Å². The summed E-state index contributed by atoms with van der Waals surface area (Å²) in [6.45, 7) is 5.61. The average Bonchev–Trinajstić information content (AvgIpc) is 2.12. The Bertz CT molecular complexity index is 143. The molecule has 0 saturated carbocycles. The number of nitrogens with zero attached hydrogens (tertiary/aromatic N) is 4. The minimum absolute atomic E-state index is 0.116. The zero-order valence-corrected chi connectivity index (χ0v) is 4.65. The number of tetrazole rings is 1. The lowest BCUT2D eigenvalue weighted by molar-refractivity contribution is 0.554. The fourth-order valence-corrected chi connectivity index (χ4v) is 0.370. The molecule has 4 nitrogen and oxygen atoms in total. The molecule has 1 aromatic rings. The molecule has 1 radical (unpaired) electrons. The van der Waals surface area contributed by atoms with Gasteiger partial charge >= 0.3 is 0 Å². The van der Waals surface area contributed by atoms with Crippen molar-refractivity contribution < 1.29 is 0 Å². The molecule has 0 aliphatic rings. The SMILES string of the molecule is [CH2]C(C)n1cnnn1. The Morgan fingerprint density at radius 2 is 2.50 bits per heavy atom. The Morgan fingerprint density at radius 3 is 2.75 bits per heavy atom. The van der Waals surface area contributed by atoms with Crippen LogP contribution >= 0.6 is 0 Å². The highest BCUT2D eigenvalue weighted by Gasteiger charge is 1.94. The van der Waals surface area contributed by atoms with Crippen molar-refractivity contribution in [3.05, 3.63) is 13.3 Å². The van der Waals surface area contributed by atoms with Crippen LogP contribution < -0.4 is 0 Å². The standard InChI is InChI=1S/C4H7N4/c1-4(2)8-3-5-6-7-8/h3-4H,1H2,2H3. The van der Waals surface area contributed by atoms with Crippen molar-refractivity contribution in [2.75, 3.05) is 0 Å². The van der Waals surface area contributed by atoms with Gasteiger partial charge in [0.05, 0.1) is 6.04 Å². The van der Waals surface area contributed by atoms with Crippen LogP contribution in [0.2, 0.25) is 0 Å². The summed E-state index contributed by atoms with van der Waals surface area (Å²) in [5, 5.41) is 10.5. The molecule has 0 bridgehead atoms. The summed E-state index contributed by atoms with van der Waals surface area (Å²) in [5.41, 5.74) is 0. The summed E-state index contributed by atoms with van der Waals surface area (Å²) in [5.74, 6) is 0. The largest absolute Gasteiger partial charge is 0.230 e. The Morgan fingerprint density at radius 1 is 1.75 bits per heavy atom. The zero-order chi connectivity index (χ0) is 5.98. The van der Waals surface area contributed by atoms with Gasteiger partial charge in [0.25, 0.3) is 0 Å². The predicted molar refractivity (Wildman–Crippen MR) is 27.9 cm³/mol. The van der Waals surface area contributed by atoms with Crippen molar-refractivity contribution in [3.8, 4) is 0 Å². The van der Waals surface area contributed by atoms with E-state index in [2.05, 4.69) is 22.4 Å². The van der Waals surface area contributed by atoms with E-state index in [0.29, 0.717) is 0 Å². The second-order valence-electron chi connectivity index (χ2n) is 1.64. The lowest BCUT2D eigenvalue weighted by atomic mass is 10.4. The molecule has 1 rings (SSSR count). The highest BCUT2D eigenvalue weighted by molar-refractivity contribution is 4.60. The predicted octanol–water partition coefficient (Wildman–Crippen LogP) is 0.0682. The van der Waals surface area contributed by atoms with Crippen molar-refractivity contribution in [2.24, 2.45) is 0 Å². The first-order chi connectivity index (χ1) is 3.80. The first-order valence-electron chi connectivity index (χ1n) is 2.36. The van der Waals surface area contributed by atoms with Gasteiger partial charge in [-0.15, -0.1) is 5.10 Å². The van der Waals surface area contributed by atoms with Gasteiger partial charge in [0.1, 0.15) is 6.33 Å². The van der Waals surface area contributed by atoms with Crippen molar-refractivity contribution in [1.29, 1.82) is 0 Å². The Hall–Kier alpha value is -0.930. The quantitative estimate of drug-likeness (QED) is 0.515. The van der Waals surface area contributed by atoms with E-state index in [9.17, 15) is 0 Å². The van der Waals surface area contributed by atoms with Gasteiger partial charge < -0.3 is 0 Å². The molecule has 1 heterocycles. The van der Waals surface area contributed by atoms with E-state index < -0.39 is 0 Å². The summed E-state index contributed by atoms with van der Waals surface area (Å²) < 4.78 is 1.58. The second-order valence-corrected chi connectivity index (χ2v) is 1.64. The normalized spacial score (nSPS) is 10.4. The molecule has 0 spiro atoms. The maximum absolute atomic E-state index is 3.70. The highest BCUT2D eigenvalue weighted by Crippen LogP contribution is 1.94. The van der Waals surface area contributed by atoms with Gasteiger partial charge in [-0.3, -0.25) is 0 Å². The molecule has 0 aliphatic carbocycles. The van der Waals surface area contributed by atoms with Crippen LogP contribution in [0.15, 0.2) is 6.33 Å². The minimum Gasteiger partial charge on any atom is -0.230 e.